The van der Waals surface area contributed by atoms with Crippen LogP contribution in [0.3, 0.4) is 0 Å². The van der Waals surface area contributed by atoms with E-state index in [1.54, 1.807) is 10.8 Å². The molecule has 1 aliphatic rings. The van der Waals surface area contributed by atoms with Crippen LogP contribution in [0.4, 0.5) is 0 Å². The van der Waals surface area contributed by atoms with E-state index in [4.69, 9.17) is 0 Å². The third-order valence-corrected chi connectivity index (χ3v) is 6.38. The molecule has 4 heterocycles. The van der Waals surface area contributed by atoms with Crippen LogP contribution < -0.4 is 5.69 Å². The smallest absolute Gasteiger partial charge is 0.320 e. The van der Waals surface area contributed by atoms with Crippen molar-refractivity contribution in [3.05, 3.63) is 76.9 Å². The van der Waals surface area contributed by atoms with E-state index in [2.05, 4.69) is 55.7 Å². The third-order valence-electron chi connectivity index (χ3n) is 6.38. The first kappa shape index (κ1) is 21.7. The minimum Gasteiger partial charge on any atom is -0.320 e. The minimum atomic E-state index is -0.444. The summed E-state index contributed by atoms with van der Waals surface area (Å²) < 4.78 is 5.40. The Balaban J connectivity index is 1.61. The monoisotopic (exact) mass is 457 g/mol. The highest BCUT2D eigenvalue weighted by atomic mass is 16.1. The van der Waals surface area contributed by atoms with Gasteiger partial charge in [-0.3, -0.25) is 9.56 Å². The number of aromatic nitrogens is 8. The van der Waals surface area contributed by atoms with Gasteiger partial charge in [-0.2, -0.15) is 5.21 Å². The quantitative estimate of drug-likeness (QED) is 0.437. The van der Waals surface area contributed by atoms with Gasteiger partial charge in [-0.1, -0.05) is 37.6 Å². The number of benzene rings is 1. The van der Waals surface area contributed by atoms with Crippen LogP contribution in [0.1, 0.15) is 37.4 Å². The summed E-state index contributed by atoms with van der Waals surface area (Å²) >= 11 is 0. The summed E-state index contributed by atoms with van der Waals surface area (Å²) in [6.45, 7) is 2.64. The van der Waals surface area contributed by atoms with Crippen molar-refractivity contribution in [3.8, 4) is 17.3 Å². The van der Waals surface area contributed by atoms with Crippen molar-refractivity contribution < 1.29 is 0 Å². The van der Waals surface area contributed by atoms with E-state index in [1.807, 2.05) is 53.1 Å². The predicted octanol–water partition coefficient (Wildman–Crippen LogP) is 2.82. The molecule has 1 aliphatic heterocycles. The second kappa shape index (κ2) is 9.05. The van der Waals surface area contributed by atoms with E-state index in [9.17, 15) is 4.79 Å². The van der Waals surface area contributed by atoms with Gasteiger partial charge in [0.25, 0.3) is 0 Å². The fourth-order valence-electron chi connectivity index (χ4n) is 4.47. The number of aliphatic imine (C=N–C) groups is 1. The zero-order valence-corrected chi connectivity index (χ0v) is 19.3. The molecular formula is C24H27N9O. The highest BCUT2D eigenvalue weighted by Gasteiger charge is 2.33. The first-order valence-corrected chi connectivity index (χ1v) is 11.4. The van der Waals surface area contributed by atoms with Crippen LogP contribution in [0, 0.1) is 0 Å². The second-order valence-electron chi connectivity index (χ2n) is 8.62. The molecule has 1 aromatic carbocycles. The van der Waals surface area contributed by atoms with Gasteiger partial charge in [-0.25, -0.2) is 14.3 Å². The molecule has 1 unspecified atom stereocenters. The van der Waals surface area contributed by atoms with Crippen molar-refractivity contribution in [3.63, 3.8) is 0 Å². The third kappa shape index (κ3) is 3.91. The lowest BCUT2D eigenvalue weighted by Gasteiger charge is -2.32. The van der Waals surface area contributed by atoms with Crippen LogP contribution in [-0.4, -0.2) is 45.5 Å². The van der Waals surface area contributed by atoms with Crippen LogP contribution in [-0.2, 0) is 25.4 Å². The van der Waals surface area contributed by atoms with Crippen LogP contribution in [0.2, 0.25) is 0 Å². The van der Waals surface area contributed by atoms with Gasteiger partial charge in [0.05, 0.1) is 0 Å². The average molecular weight is 458 g/mol. The maximum absolute atomic E-state index is 13.7. The van der Waals surface area contributed by atoms with Crippen LogP contribution in [0.25, 0.3) is 17.3 Å². The number of imidazole rings is 2. The number of aryl methyl sites for hydroxylation is 2. The largest absolute Gasteiger partial charge is 0.335 e. The topological polar surface area (TPSA) is 112 Å². The van der Waals surface area contributed by atoms with E-state index in [0.717, 1.165) is 36.1 Å². The Morgan fingerprint density at radius 3 is 2.88 bits per heavy atom. The molecule has 0 saturated carbocycles. The molecule has 0 radical (unpaired) electrons. The molecule has 34 heavy (non-hydrogen) atoms. The van der Waals surface area contributed by atoms with Crippen molar-refractivity contribution in [2.24, 2.45) is 12.0 Å². The molecule has 0 spiro atoms. The number of hydrogen-bond acceptors (Lipinski definition) is 6. The Morgan fingerprint density at radius 2 is 2.18 bits per heavy atom. The highest BCUT2D eigenvalue weighted by molar-refractivity contribution is 5.65. The number of nitrogens with one attached hydrogen (secondary N) is 1. The minimum absolute atomic E-state index is 0.0926. The Labute approximate surface area is 196 Å². The maximum Gasteiger partial charge on any atom is 0.335 e. The van der Waals surface area contributed by atoms with Gasteiger partial charge in [-0.05, 0) is 36.1 Å². The lowest BCUT2D eigenvalue weighted by atomic mass is 9.76. The maximum atomic E-state index is 13.7. The van der Waals surface area contributed by atoms with Gasteiger partial charge in [0.1, 0.15) is 0 Å². The lowest BCUT2D eigenvalue weighted by Crippen LogP contribution is -2.37. The normalized spacial score (nSPS) is 17.5. The van der Waals surface area contributed by atoms with Gasteiger partial charge < -0.3 is 4.57 Å². The number of rotatable bonds is 8. The van der Waals surface area contributed by atoms with E-state index >= 15 is 0 Å². The first-order valence-electron chi connectivity index (χ1n) is 11.4. The summed E-state index contributed by atoms with van der Waals surface area (Å²) in [7, 11) is 1.89. The van der Waals surface area contributed by atoms with Crippen molar-refractivity contribution in [2.75, 3.05) is 0 Å². The second-order valence-corrected chi connectivity index (χ2v) is 8.62. The lowest BCUT2D eigenvalue weighted by molar-refractivity contribution is 0.438. The number of tetrazole rings is 1. The molecule has 4 aromatic rings. The summed E-state index contributed by atoms with van der Waals surface area (Å²) in [5.74, 6) is 1.14. The van der Waals surface area contributed by atoms with Crippen molar-refractivity contribution in [1.82, 2.24) is 39.3 Å². The number of H-pyrrole nitrogens is 1. The molecule has 10 heteroatoms. The molecule has 5 rings (SSSR count). The number of allylic oxidation sites excluding steroid dienone is 1. The SMILES string of the molecule is CCCCc1cn(-c2nccn2C)c(=O)n1CC1(c2cccc(-c3nn[nH]n3)c2)C=CN=CC1. The molecule has 0 amide bonds. The summed E-state index contributed by atoms with van der Waals surface area (Å²) in [5, 5.41) is 14.4. The number of aromatic amines is 1. The molecule has 10 nitrogen and oxygen atoms in total. The fraction of sp³-hybridized carbons (Fsp3) is 0.333. The van der Waals surface area contributed by atoms with Gasteiger partial charge in [0.2, 0.25) is 11.8 Å². The van der Waals surface area contributed by atoms with E-state index < -0.39 is 5.41 Å². The summed E-state index contributed by atoms with van der Waals surface area (Å²) in [4.78, 5) is 22.4. The van der Waals surface area contributed by atoms with Gasteiger partial charge in [0, 0.05) is 61.3 Å². The molecule has 0 aliphatic carbocycles. The predicted molar refractivity (Wildman–Crippen MR) is 129 cm³/mol. The van der Waals surface area contributed by atoms with Gasteiger partial charge >= 0.3 is 5.69 Å². The van der Waals surface area contributed by atoms with E-state index in [0.29, 0.717) is 24.7 Å². The Morgan fingerprint density at radius 1 is 1.26 bits per heavy atom. The Bertz CT molecular complexity index is 1390. The molecule has 1 N–H and O–H groups in total. The fourth-order valence-corrected chi connectivity index (χ4v) is 4.47. The van der Waals surface area contributed by atoms with Gasteiger partial charge in [-0.15, -0.1) is 10.2 Å². The highest BCUT2D eigenvalue weighted by Crippen LogP contribution is 2.35. The van der Waals surface area contributed by atoms with E-state index in [-0.39, 0.29) is 5.69 Å². The van der Waals surface area contributed by atoms with Crippen molar-refractivity contribution in [2.45, 2.75) is 44.6 Å². The first-order chi connectivity index (χ1) is 16.6. The Hall–Kier alpha value is -4.08. The molecule has 3 aromatic heterocycles. The van der Waals surface area contributed by atoms with Crippen molar-refractivity contribution in [1.29, 1.82) is 0 Å². The molecule has 0 bridgehead atoms. The van der Waals surface area contributed by atoms with Crippen molar-refractivity contribution >= 4 is 6.21 Å². The molecule has 0 fully saturated rings. The van der Waals surface area contributed by atoms with Gasteiger partial charge in [0.15, 0.2) is 0 Å². The standard InChI is InChI=1S/C24H27N9O/c1-3-4-8-20-16-32(22-26-13-14-31(22)2)23(34)33(20)17-24(9-11-25-12-10-24)19-7-5-6-18(15-19)21-27-29-30-28-21/h5-7,9,11-16H,3-4,8,10,17H2,1-2H3,(H,27,28,29,30). The summed E-state index contributed by atoms with van der Waals surface area (Å²) in [6, 6.07) is 8.10. The van der Waals surface area contributed by atoms with Crippen LogP contribution in [0.5, 0.6) is 0 Å². The average Bonchev–Trinajstić information content (AvgIpc) is 3.61. The zero-order valence-electron chi connectivity index (χ0n) is 19.3. The van der Waals surface area contributed by atoms with E-state index in [1.165, 1.54) is 0 Å². The Kier molecular flexibility index (Phi) is 5.79. The molecule has 0 saturated heterocycles. The number of nitrogens with zero attached hydrogens (tertiary/aromatic N) is 8. The zero-order chi connectivity index (χ0) is 23.5. The summed E-state index contributed by atoms with van der Waals surface area (Å²) in [6.07, 6.45) is 14.8. The molecular weight excluding hydrogens is 430 g/mol. The number of unbranched alkanes of at least 4 members (excludes halogenated alkanes) is 1. The molecule has 174 valence electrons. The number of hydrogen-bond donors (Lipinski definition) is 1. The van der Waals surface area contributed by atoms with Crippen LogP contribution >= 0.6 is 0 Å². The van der Waals surface area contributed by atoms with Crippen LogP contribution in [0.15, 0.2) is 64.9 Å². The summed E-state index contributed by atoms with van der Waals surface area (Å²) in [5.41, 5.74) is 2.39. The molecule has 1 atom stereocenters.